The zero-order valence-electron chi connectivity index (χ0n) is 22.6. The maximum absolute atomic E-state index is 11.5. The van der Waals surface area contributed by atoms with Crippen molar-refractivity contribution in [2.24, 2.45) is 0 Å². The highest BCUT2D eigenvalue weighted by Gasteiger charge is 2.26. The van der Waals surface area contributed by atoms with Crippen molar-refractivity contribution in [2.45, 2.75) is 53.0 Å². The lowest BCUT2D eigenvalue weighted by Crippen LogP contribution is -2.52. The molecule has 1 fully saturated rings. The summed E-state index contributed by atoms with van der Waals surface area (Å²) in [7, 11) is -2.91. The molecule has 0 amide bonds. The van der Waals surface area contributed by atoms with Gasteiger partial charge in [0, 0.05) is 49.3 Å². The highest BCUT2D eigenvalue weighted by Crippen LogP contribution is 2.38. The molecule has 0 unspecified atom stereocenters. The maximum Gasteiger partial charge on any atom is 0.158 e. The zero-order chi connectivity index (χ0) is 26.5. The number of aryl methyl sites for hydroxylation is 1. The van der Waals surface area contributed by atoms with Crippen LogP contribution in [0.2, 0.25) is 0 Å². The Morgan fingerprint density at radius 3 is 2.65 bits per heavy atom. The fourth-order valence-electron chi connectivity index (χ4n) is 5.59. The average Bonchev–Trinajstić information content (AvgIpc) is 3.45. The Hall–Kier alpha value is -2.98. The largest absolute Gasteiger partial charge is 0.353 e. The van der Waals surface area contributed by atoms with Gasteiger partial charge in [0.1, 0.15) is 22.0 Å². The van der Waals surface area contributed by atoms with Crippen LogP contribution in [0.15, 0.2) is 24.7 Å². The average molecular weight is 524 g/mol. The Balaban J connectivity index is 1.46. The van der Waals surface area contributed by atoms with E-state index in [1.165, 1.54) is 17.4 Å². The van der Waals surface area contributed by atoms with E-state index in [2.05, 4.69) is 77.8 Å². The summed E-state index contributed by atoms with van der Waals surface area (Å²) in [4.78, 5) is 18.0. The van der Waals surface area contributed by atoms with Gasteiger partial charge in [-0.3, -0.25) is 4.90 Å². The SMILES string of the molecule is Cc1c(-c2[nH]c3ccc(N4CCN(CCCS(C)(=O)=O)C[C@H]4C)nc3c2C(C)C)cn2ncnc2c1C. The molecular weight excluding hydrogens is 486 g/mol. The monoisotopic (exact) mass is 523 g/mol. The summed E-state index contributed by atoms with van der Waals surface area (Å²) in [6, 6.07) is 4.55. The van der Waals surface area contributed by atoms with E-state index in [4.69, 9.17) is 4.98 Å². The van der Waals surface area contributed by atoms with Gasteiger partial charge in [0.05, 0.1) is 22.5 Å². The van der Waals surface area contributed by atoms with Gasteiger partial charge in [-0.05, 0) is 62.9 Å². The van der Waals surface area contributed by atoms with Crippen molar-refractivity contribution >= 4 is 32.3 Å². The third kappa shape index (κ3) is 4.96. The number of nitrogens with zero attached hydrogens (tertiary/aromatic N) is 6. The van der Waals surface area contributed by atoms with Gasteiger partial charge in [0.15, 0.2) is 5.65 Å². The molecule has 5 heterocycles. The van der Waals surface area contributed by atoms with E-state index in [9.17, 15) is 8.42 Å². The lowest BCUT2D eigenvalue weighted by Gasteiger charge is -2.40. The number of anilines is 1. The number of nitrogens with one attached hydrogen (secondary N) is 1. The molecule has 198 valence electrons. The van der Waals surface area contributed by atoms with Gasteiger partial charge in [-0.2, -0.15) is 5.10 Å². The Morgan fingerprint density at radius 1 is 1.16 bits per heavy atom. The number of aromatic nitrogens is 5. The number of rotatable bonds is 7. The number of pyridine rings is 2. The maximum atomic E-state index is 11.5. The van der Waals surface area contributed by atoms with Gasteiger partial charge >= 0.3 is 0 Å². The summed E-state index contributed by atoms with van der Waals surface area (Å²) < 4.78 is 24.8. The number of H-pyrrole nitrogens is 1. The van der Waals surface area contributed by atoms with E-state index in [1.54, 1.807) is 6.33 Å². The summed E-state index contributed by atoms with van der Waals surface area (Å²) in [5.74, 6) is 1.51. The highest BCUT2D eigenvalue weighted by atomic mass is 32.2. The van der Waals surface area contributed by atoms with E-state index in [0.29, 0.717) is 6.42 Å². The molecule has 0 spiro atoms. The van der Waals surface area contributed by atoms with Crippen molar-refractivity contribution in [3.63, 3.8) is 0 Å². The summed E-state index contributed by atoms with van der Waals surface area (Å²) >= 11 is 0. The number of sulfone groups is 1. The smallest absolute Gasteiger partial charge is 0.158 e. The Morgan fingerprint density at radius 2 is 1.95 bits per heavy atom. The minimum Gasteiger partial charge on any atom is -0.353 e. The molecule has 1 N–H and O–H groups in total. The molecule has 0 saturated carbocycles. The van der Waals surface area contributed by atoms with Crippen molar-refractivity contribution in [3.05, 3.63) is 41.3 Å². The van der Waals surface area contributed by atoms with Crippen LogP contribution in [0.5, 0.6) is 0 Å². The summed E-state index contributed by atoms with van der Waals surface area (Å²) in [6.07, 6.45) is 5.65. The molecule has 1 aliphatic heterocycles. The number of fused-ring (bicyclic) bond motifs is 2. The summed E-state index contributed by atoms with van der Waals surface area (Å²) in [5, 5.41) is 4.39. The van der Waals surface area contributed by atoms with Gasteiger partial charge in [0.25, 0.3) is 0 Å². The molecule has 10 heteroatoms. The molecule has 0 radical (unpaired) electrons. The van der Waals surface area contributed by atoms with Crippen LogP contribution in [0.4, 0.5) is 5.82 Å². The normalized spacial score (nSPS) is 17.5. The molecule has 9 nitrogen and oxygen atoms in total. The predicted molar refractivity (Wildman–Crippen MR) is 149 cm³/mol. The van der Waals surface area contributed by atoms with Crippen LogP contribution in [-0.2, 0) is 9.84 Å². The minimum atomic E-state index is -2.91. The number of hydrogen-bond acceptors (Lipinski definition) is 7. The van der Waals surface area contributed by atoms with Crippen LogP contribution >= 0.6 is 0 Å². The second-order valence-corrected chi connectivity index (χ2v) is 13.0. The third-order valence-electron chi connectivity index (χ3n) is 7.63. The Labute approximate surface area is 218 Å². The first-order chi connectivity index (χ1) is 17.5. The summed E-state index contributed by atoms with van der Waals surface area (Å²) in [6.45, 7) is 14.4. The lowest BCUT2D eigenvalue weighted by molar-refractivity contribution is 0.229. The second-order valence-electron chi connectivity index (χ2n) is 10.8. The fourth-order valence-corrected chi connectivity index (χ4v) is 6.24. The van der Waals surface area contributed by atoms with E-state index >= 15 is 0 Å². The van der Waals surface area contributed by atoms with Crippen LogP contribution in [0.1, 0.15) is 49.8 Å². The van der Waals surface area contributed by atoms with Gasteiger partial charge in [-0.25, -0.2) is 22.9 Å². The van der Waals surface area contributed by atoms with Crippen LogP contribution in [0.25, 0.3) is 27.9 Å². The molecular formula is C27H37N7O2S. The molecule has 1 aliphatic rings. The number of aromatic amines is 1. The molecule has 0 bridgehead atoms. The van der Waals surface area contributed by atoms with Crippen molar-refractivity contribution in [3.8, 4) is 11.3 Å². The zero-order valence-corrected chi connectivity index (χ0v) is 23.4. The standard InChI is InChI=1S/C27H37N7O2S/c1-17(2)24-25(21-15-34-27(28-16-29-34)20(5)19(21)4)30-22-8-9-23(31-26(22)24)33-12-11-32(14-18(33)3)10-7-13-37(6,35)36/h8-9,15-18,30H,7,10-14H2,1-6H3/t18-/m1/s1. The fraction of sp³-hybridized carbons (Fsp3) is 0.519. The first kappa shape index (κ1) is 25.7. The minimum absolute atomic E-state index is 0.246. The Bertz CT molecular complexity index is 1550. The topological polar surface area (TPSA) is 99.5 Å². The second kappa shape index (κ2) is 9.72. The van der Waals surface area contributed by atoms with E-state index in [1.807, 2.05) is 4.52 Å². The first-order valence-corrected chi connectivity index (χ1v) is 15.1. The highest BCUT2D eigenvalue weighted by molar-refractivity contribution is 7.90. The molecule has 0 aliphatic carbocycles. The lowest BCUT2D eigenvalue weighted by atomic mass is 9.95. The van der Waals surface area contributed by atoms with Gasteiger partial charge in [0.2, 0.25) is 0 Å². The molecule has 1 atom stereocenters. The molecule has 5 rings (SSSR count). The molecule has 4 aromatic rings. The predicted octanol–water partition coefficient (Wildman–Crippen LogP) is 3.96. The Kier molecular flexibility index (Phi) is 6.74. The van der Waals surface area contributed by atoms with Crippen molar-refractivity contribution in [2.75, 3.05) is 43.1 Å². The quantitative estimate of drug-likeness (QED) is 0.391. The van der Waals surface area contributed by atoms with Crippen LogP contribution in [-0.4, -0.2) is 82.1 Å². The molecule has 4 aromatic heterocycles. The number of hydrogen-bond donors (Lipinski definition) is 1. The van der Waals surface area contributed by atoms with Gasteiger partial charge in [-0.15, -0.1) is 0 Å². The summed E-state index contributed by atoms with van der Waals surface area (Å²) in [5.41, 5.74) is 8.67. The van der Waals surface area contributed by atoms with E-state index in [0.717, 1.165) is 65.5 Å². The van der Waals surface area contributed by atoms with E-state index in [-0.39, 0.29) is 17.7 Å². The van der Waals surface area contributed by atoms with Crippen LogP contribution < -0.4 is 4.90 Å². The van der Waals surface area contributed by atoms with Crippen molar-refractivity contribution in [1.29, 1.82) is 0 Å². The molecule has 0 aromatic carbocycles. The van der Waals surface area contributed by atoms with Crippen LogP contribution in [0, 0.1) is 13.8 Å². The van der Waals surface area contributed by atoms with E-state index < -0.39 is 9.84 Å². The van der Waals surface area contributed by atoms with Gasteiger partial charge < -0.3 is 9.88 Å². The van der Waals surface area contributed by atoms with Crippen LogP contribution in [0.3, 0.4) is 0 Å². The van der Waals surface area contributed by atoms with Crippen molar-refractivity contribution in [1.82, 2.24) is 29.5 Å². The molecule has 1 saturated heterocycles. The third-order valence-corrected chi connectivity index (χ3v) is 8.66. The number of piperazine rings is 1. The van der Waals surface area contributed by atoms with Crippen molar-refractivity contribution < 1.29 is 8.42 Å². The molecule has 37 heavy (non-hydrogen) atoms. The first-order valence-electron chi connectivity index (χ1n) is 13.0. The van der Waals surface area contributed by atoms with Gasteiger partial charge in [-0.1, -0.05) is 13.8 Å².